The molecule has 0 radical (unpaired) electrons. The molecule has 1 unspecified atom stereocenters. The molecular formula is C19H21FN2O3. The average molecular weight is 344 g/mol. The fourth-order valence-corrected chi connectivity index (χ4v) is 3.01. The lowest BCUT2D eigenvalue weighted by atomic mass is 10.0. The number of carbonyl (C=O) groups is 1. The van der Waals surface area contributed by atoms with Gasteiger partial charge < -0.3 is 19.7 Å². The van der Waals surface area contributed by atoms with Gasteiger partial charge >= 0.3 is 0 Å². The van der Waals surface area contributed by atoms with E-state index in [4.69, 9.17) is 9.47 Å². The van der Waals surface area contributed by atoms with Crippen molar-refractivity contribution in [1.29, 1.82) is 0 Å². The van der Waals surface area contributed by atoms with Crippen molar-refractivity contribution in [2.45, 2.75) is 6.04 Å². The van der Waals surface area contributed by atoms with Crippen LogP contribution in [0.15, 0.2) is 48.5 Å². The molecule has 6 heteroatoms. The fraction of sp³-hybridized carbons (Fsp3) is 0.316. The van der Waals surface area contributed by atoms with Gasteiger partial charge in [-0.3, -0.25) is 4.79 Å². The predicted molar refractivity (Wildman–Crippen MR) is 92.2 cm³/mol. The maximum Gasteiger partial charge on any atom is 0.261 e. The Balaban J connectivity index is 1.73. The van der Waals surface area contributed by atoms with E-state index in [1.165, 1.54) is 12.1 Å². The number of carbonyl (C=O) groups excluding carboxylic acids is 1. The van der Waals surface area contributed by atoms with Gasteiger partial charge in [0, 0.05) is 31.3 Å². The lowest BCUT2D eigenvalue weighted by Gasteiger charge is -2.37. The summed E-state index contributed by atoms with van der Waals surface area (Å²) in [6.07, 6.45) is 0. The van der Waals surface area contributed by atoms with Crippen molar-refractivity contribution in [2.24, 2.45) is 0 Å². The smallest absolute Gasteiger partial charge is 0.261 e. The van der Waals surface area contributed by atoms with Gasteiger partial charge in [-0.25, -0.2) is 4.39 Å². The van der Waals surface area contributed by atoms with Crippen LogP contribution in [0.2, 0.25) is 0 Å². The number of hydrogen-bond donors (Lipinski definition) is 1. The molecule has 1 saturated heterocycles. The maximum absolute atomic E-state index is 13.2. The highest BCUT2D eigenvalue weighted by molar-refractivity contribution is 5.78. The van der Waals surface area contributed by atoms with Crippen LogP contribution in [0.25, 0.3) is 0 Å². The summed E-state index contributed by atoms with van der Waals surface area (Å²) in [5.74, 6) is 0.568. The molecule has 25 heavy (non-hydrogen) atoms. The molecule has 1 amide bonds. The first-order valence-corrected chi connectivity index (χ1v) is 8.20. The zero-order valence-corrected chi connectivity index (χ0v) is 14.1. The van der Waals surface area contributed by atoms with Gasteiger partial charge in [-0.15, -0.1) is 0 Å². The molecule has 2 aromatic rings. The van der Waals surface area contributed by atoms with E-state index in [0.717, 1.165) is 17.9 Å². The van der Waals surface area contributed by atoms with Gasteiger partial charge in [-0.05, 0) is 18.2 Å². The minimum atomic E-state index is -0.390. The Morgan fingerprint density at radius 3 is 2.92 bits per heavy atom. The van der Waals surface area contributed by atoms with Gasteiger partial charge in [-0.1, -0.05) is 24.3 Å². The summed E-state index contributed by atoms with van der Waals surface area (Å²) in [6, 6.07) is 13.3. The third-order valence-corrected chi connectivity index (χ3v) is 4.22. The number of benzene rings is 2. The van der Waals surface area contributed by atoms with Crippen LogP contribution in [0.5, 0.6) is 11.5 Å². The van der Waals surface area contributed by atoms with E-state index >= 15 is 0 Å². The van der Waals surface area contributed by atoms with Crippen molar-refractivity contribution in [3.8, 4) is 11.5 Å². The van der Waals surface area contributed by atoms with Crippen LogP contribution in [0.4, 0.5) is 4.39 Å². The minimum absolute atomic E-state index is 0.130. The summed E-state index contributed by atoms with van der Waals surface area (Å²) in [5, 5.41) is 3.31. The monoisotopic (exact) mass is 344 g/mol. The predicted octanol–water partition coefficient (Wildman–Crippen LogP) is 2.39. The number of hydrogen-bond acceptors (Lipinski definition) is 4. The number of piperazine rings is 1. The van der Waals surface area contributed by atoms with Crippen LogP contribution in [0, 0.1) is 5.82 Å². The van der Waals surface area contributed by atoms with Gasteiger partial charge in [0.25, 0.3) is 5.91 Å². The molecule has 0 saturated carbocycles. The zero-order chi connectivity index (χ0) is 17.6. The highest BCUT2D eigenvalue weighted by Crippen LogP contribution is 2.30. The maximum atomic E-state index is 13.2. The van der Waals surface area contributed by atoms with Crippen molar-refractivity contribution < 1.29 is 18.7 Å². The van der Waals surface area contributed by atoms with Gasteiger partial charge in [0.1, 0.15) is 17.3 Å². The SMILES string of the molecule is COc1ccccc1C1CNCCN1C(=O)COc1cccc(F)c1. The summed E-state index contributed by atoms with van der Waals surface area (Å²) in [6.45, 7) is 1.81. The molecule has 1 N–H and O–H groups in total. The number of ether oxygens (including phenoxy) is 2. The number of nitrogens with one attached hydrogen (secondary N) is 1. The van der Waals surface area contributed by atoms with Gasteiger partial charge in [0.05, 0.1) is 13.2 Å². The van der Waals surface area contributed by atoms with Crippen LogP contribution in [-0.2, 0) is 4.79 Å². The van der Waals surface area contributed by atoms with E-state index in [2.05, 4.69) is 5.32 Å². The van der Waals surface area contributed by atoms with E-state index in [-0.39, 0.29) is 24.4 Å². The van der Waals surface area contributed by atoms with E-state index in [1.54, 1.807) is 24.1 Å². The second-order valence-corrected chi connectivity index (χ2v) is 5.80. The van der Waals surface area contributed by atoms with Gasteiger partial charge in [0.15, 0.2) is 6.61 Å². The number of amides is 1. The Hall–Kier alpha value is -2.60. The van der Waals surface area contributed by atoms with E-state index in [1.807, 2.05) is 24.3 Å². The molecule has 0 aliphatic carbocycles. The van der Waals surface area contributed by atoms with Crippen molar-refractivity contribution in [3.05, 3.63) is 59.9 Å². The highest BCUT2D eigenvalue weighted by atomic mass is 19.1. The lowest BCUT2D eigenvalue weighted by molar-refractivity contribution is -0.136. The van der Waals surface area contributed by atoms with Crippen molar-refractivity contribution >= 4 is 5.91 Å². The van der Waals surface area contributed by atoms with Crippen LogP contribution in [0.3, 0.4) is 0 Å². The van der Waals surface area contributed by atoms with Crippen LogP contribution in [-0.4, -0.2) is 44.2 Å². The third-order valence-electron chi connectivity index (χ3n) is 4.22. The van der Waals surface area contributed by atoms with E-state index in [0.29, 0.717) is 18.8 Å². The Morgan fingerprint density at radius 2 is 2.12 bits per heavy atom. The summed E-state index contributed by atoms with van der Waals surface area (Å²) in [7, 11) is 1.62. The first kappa shape index (κ1) is 17.2. The number of halogens is 1. The highest BCUT2D eigenvalue weighted by Gasteiger charge is 2.29. The summed E-state index contributed by atoms with van der Waals surface area (Å²) < 4.78 is 24.1. The van der Waals surface area contributed by atoms with Gasteiger partial charge in [-0.2, -0.15) is 0 Å². The third kappa shape index (κ3) is 4.09. The van der Waals surface area contributed by atoms with Crippen molar-refractivity contribution in [3.63, 3.8) is 0 Å². The zero-order valence-electron chi connectivity index (χ0n) is 14.1. The molecule has 2 aromatic carbocycles. The molecule has 1 fully saturated rings. The molecule has 5 nitrogen and oxygen atoms in total. The number of nitrogens with zero attached hydrogens (tertiary/aromatic N) is 1. The Bertz CT molecular complexity index is 738. The second kappa shape index (κ2) is 7.98. The summed E-state index contributed by atoms with van der Waals surface area (Å²) in [5.41, 5.74) is 0.955. The summed E-state index contributed by atoms with van der Waals surface area (Å²) >= 11 is 0. The number of para-hydroxylation sites is 1. The molecule has 0 spiro atoms. The quantitative estimate of drug-likeness (QED) is 0.905. The molecule has 1 aliphatic heterocycles. The summed E-state index contributed by atoms with van der Waals surface area (Å²) in [4.78, 5) is 14.5. The molecule has 0 aromatic heterocycles. The van der Waals surface area contributed by atoms with E-state index < -0.39 is 0 Å². The fourth-order valence-electron chi connectivity index (χ4n) is 3.01. The first-order chi connectivity index (χ1) is 12.2. The molecule has 3 rings (SSSR count). The van der Waals surface area contributed by atoms with Gasteiger partial charge in [0.2, 0.25) is 0 Å². The molecule has 0 bridgehead atoms. The first-order valence-electron chi connectivity index (χ1n) is 8.20. The van der Waals surface area contributed by atoms with Crippen molar-refractivity contribution in [1.82, 2.24) is 10.2 Å². The molecule has 1 aliphatic rings. The molecule has 1 heterocycles. The molecular weight excluding hydrogens is 323 g/mol. The molecule has 1 atom stereocenters. The second-order valence-electron chi connectivity index (χ2n) is 5.80. The molecule has 132 valence electrons. The van der Waals surface area contributed by atoms with Crippen LogP contribution >= 0.6 is 0 Å². The Labute approximate surface area is 146 Å². The van der Waals surface area contributed by atoms with E-state index in [9.17, 15) is 9.18 Å². The topological polar surface area (TPSA) is 50.8 Å². The standard InChI is InChI=1S/C19H21FN2O3/c1-24-18-8-3-2-7-16(18)17-12-21-9-10-22(17)19(23)13-25-15-6-4-5-14(20)11-15/h2-8,11,17,21H,9-10,12-13H2,1H3. The number of rotatable bonds is 5. The van der Waals surface area contributed by atoms with Crippen molar-refractivity contribution in [2.75, 3.05) is 33.4 Å². The average Bonchev–Trinajstić information content (AvgIpc) is 2.66. The normalized spacial score (nSPS) is 17.2. The largest absolute Gasteiger partial charge is 0.496 e. The van der Waals surface area contributed by atoms with Crippen LogP contribution < -0.4 is 14.8 Å². The lowest BCUT2D eigenvalue weighted by Crippen LogP contribution is -2.50. The Kier molecular flexibility index (Phi) is 5.50. The van der Waals surface area contributed by atoms with Crippen LogP contribution in [0.1, 0.15) is 11.6 Å². The minimum Gasteiger partial charge on any atom is -0.496 e. The number of methoxy groups -OCH3 is 1. The Morgan fingerprint density at radius 1 is 1.28 bits per heavy atom.